The molecule has 1 aromatic heterocycles. The molecule has 3 N–H and O–H groups in total. The highest BCUT2D eigenvalue weighted by Gasteiger charge is 2.23. The molecule has 0 saturated heterocycles. The lowest BCUT2D eigenvalue weighted by atomic mass is 10.1. The van der Waals surface area contributed by atoms with Crippen molar-refractivity contribution in [2.24, 2.45) is 0 Å². The minimum absolute atomic E-state index is 0.0299. The van der Waals surface area contributed by atoms with E-state index in [9.17, 15) is 14.4 Å². The van der Waals surface area contributed by atoms with Gasteiger partial charge in [-0.3, -0.25) is 14.2 Å². The maximum absolute atomic E-state index is 13.0. The molecule has 2 heterocycles. The molecule has 1 aliphatic carbocycles. The Balaban J connectivity index is 1.31. The van der Waals surface area contributed by atoms with Crippen LogP contribution in [0.15, 0.2) is 47.3 Å². The Kier molecular flexibility index (Phi) is 5.81. The van der Waals surface area contributed by atoms with Gasteiger partial charge < -0.3 is 16.0 Å². The first kappa shape index (κ1) is 21.2. The third-order valence-corrected chi connectivity index (χ3v) is 6.14. The lowest BCUT2D eigenvalue weighted by molar-refractivity contribution is 0.102. The van der Waals surface area contributed by atoms with Gasteiger partial charge in [0.05, 0.1) is 10.9 Å². The van der Waals surface area contributed by atoms with Crippen LogP contribution in [0, 0.1) is 0 Å². The lowest BCUT2D eigenvalue weighted by Crippen LogP contribution is -2.30. The van der Waals surface area contributed by atoms with E-state index in [0.717, 1.165) is 50.8 Å². The van der Waals surface area contributed by atoms with E-state index in [0.29, 0.717) is 34.4 Å². The van der Waals surface area contributed by atoms with Crippen molar-refractivity contribution in [3.8, 4) is 0 Å². The quantitative estimate of drug-likeness (QED) is 0.563. The zero-order chi connectivity index (χ0) is 22.8. The molecule has 0 atom stereocenters. The summed E-state index contributed by atoms with van der Waals surface area (Å²) < 4.78 is 1.79. The van der Waals surface area contributed by atoms with Crippen molar-refractivity contribution in [3.05, 3.63) is 64.2 Å². The van der Waals surface area contributed by atoms with E-state index in [4.69, 9.17) is 4.98 Å². The number of carbonyl (C=O) groups excluding carboxylic acids is 2. The standard InChI is InChI=1S/C25H27N5O3/c31-23(26-17-7-9-18(10-8-17)27-25(33)28-19-11-12-19)16-6-13-20-21(15-16)29-22-5-3-1-2-4-14-30(22)24(20)32/h6-10,13,15,19H,1-5,11-12,14H2,(H,26,31)(H2,27,28,33). The second-order valence-electron chi connectivity index (χ2n) is 8.79. The number of fused-ring (bicyclic) bond motifs is 2. The highest BCUT2D eigenvalue weighted by atomic mass is 16.2. The molecule has 33 heavy (non-hydrogen) atoms. The fourth-order valence-corrected chi connectivity index (χ4v) is 4.16. The number of hydrogen-bond donors (Lipinski definition) is 3. The molecule has 8 heteroatoms. The topological polar surface area (TPSA) is 105 Å². The number of anilines is 2. The molecular formula is C25H27N5O3. The van der Waals surface area contributed by atoms with Crippen molar-refractivity contribution in [2.45, 2.75) is 57.5 Å². The molecule has 0 spiro atoms. The van der Waals surface area contributed by atoms with Crippen LogP contribution in [0.1, 0.15) is 54.7 Å². The predicted octanol–water partition coefficient (Wildman–Crippen LogP) is 4.05. The normalized spacial score (nSPS) is 15.8. The highest BCUT2D eigenvalue weighted by molar-refractivity contribution is 6.06. The Morgan fingerprint density at radius 3 is 2.39 bits per heavy atom. The second-order valence-corrected chi connectivity index (χ2v) is 8.79. The number of nitrogens with zero attached hydrogens (tertiary/aromatic N) is 2. The molecule has 0 radical (unpaired) electrons. The average molecular weight is 446 g/mol. The van der Waals surface area contributed by atoms with Crippen molar-refractivity contribution < 1.29 is 9.59 Å². The van der Waals surface area contributed by atoms with E-state index >= 15 is 0 Å². The second kappa shape index (κ2) is 9.05. The number of aryl methyl sites for hydroxylation is 1. The first-order valence-corrected chi connectivity index (χ1v) is 11.6. The van der Waals surface area contributed by atoms with E-state index in [-0.39, 0.29) is 23.5 Å². The summed E-state index contributed by atoms with van der Waals surface area (Å²) in [7, 11) is 0. The zero-order valence-corrected chi connectivity index (χ0v) is 18.4. The van der Waals surface area contributed by atoms with Gasteiger partial charge in [-0.2, -0.15) is 0 Å². The van der Waals surface area contributed by atoms with Gasteiger partial charge >= 0.3 is 6.03 Å². The highest BCUT2D eigenvalue weighted by Crippen LogP contribution is 2.20. The number of benzene rings is 2. The smallest absolute Gasteiger partial charge is 0.319 e. The molecule has 170 valence electrons. The van der Waals surface area contributed by atoms with E-state index < -0.39 is 0 Å². The fourth-order valence-electron chi connectivity index (χ4n) is 4.16. The fraction of sp³-hybridized carbons (Fsp3) is 0.360. The molecule has 1 saturated carbocycles. The van der Waals surface area contributed by atoms with Crippen LogP contribution in [0.2, 0.25) is 0 Å². The summed E-state index contributed by atoms with van der Waals surface area (Å²) in [6.45, 7) is 0.701. The maximum atomic E-state index is 13.0. The first-order chi connectivity index (χ1) is 16.1. The SMILES string of the molecule is O=C(Nc1ccc(NC(=O)c2ccc3c(=O)n4c(nc3c2)CCCCCC4)cc1)NC1CC1. The van der Waals surface area contributed by atoms with Gasteiger partial charge in [-0.15, -0.1) is 0 Å². The van der Waals surface area contributed by atoms with Crippen LogP contribution in [0.5, 0.6) is 0 Å². The molecule has 1 fully saturated rings. The molecule has 2 aliphatic rings. The molecular weight excluding hydrogens is 418 g/mol. The van der Waals surface area contributed by atoms with E-state index in [1.54, 1.807) is 47.0 Å². The minimum atomic E-state index is -0.280. The Morgan fingerprint density at radius 1 is 0.909 bits per heavy atom. The van der Waals surface area contributed by atoms with Crippen LogP contribution < -0.4 is 21.5 Å². The number of urea groups is 1. The van der Waals surface area contributed by atoms with Crippen molar-refractivity contribution >= 4 is 34.2 Å². The van der Waals surface area contributed by atoms with Crippen molar-refractivity contribution in [3.63, 3.8) is 0 Å². The molecule has 8 nitrogen and oxygen atoms in total. The number of amides is 3. The number of carbonyl (C=O) groups is 2. The number of aromatic nitrogens is 2. The first-order valence-electron chi connectivity index (χ1n) is 11.6. The zero-order valence-electron chi connectivity index (χ0n) is 18.4. The Morgan fingerprint density at radius 2 is 1.64 bits per heavy atom. The largest absolute Gasteiger partial charge is 0.335 e. The Labute approximate surface area is 191 Å². The molecule has 0 bridgehead atoms. The van der Waals surface area contributed by atoms with Gasteiger partial charge in [-0.1, -0.05) is 12.8 Å². The number of nitrogens with one attached hydrogen (secondary N) is 3. The van der Waals surface area contributed by atoms with Gasteiger partial charge in [-0.25, -0.2) is 9.78 Å². The van der Waals surface area contributed by atoms with Crippen LogP contribution in [-0.4, -0.2) is 27.5 Å². The van der Waals surface area contributed by atoms with Gasteiger partial charge in [0.25, 0.3) is 11.5 Å². The summed E-state index contributed by atoms with van der Waals surface area (Å²) in [6.07, 6.45) is 7.12. The van der Waals surface area contributed by atoms with E-state index in [1.807, 2.05) is 0 Å². The summed E-state index contributed by atoms with van der Waals surface area (Å²) in [5.41, 5.74) is 2.23. The van der Waals surface area contributed by atoms with E-state index in [1.165, 1.54) is 0 Å². The molecule has 5 rings (SSSR count). The maximum Gasteiger partial charge on any atom is 0.319 e. The van der Waals surface area contributed by atoms with Gasteiger partial charge in [0.15, 0.2) is 0 Å². The van der Waals surface area contributed by atoms with Gasteiger partial charge in [0.2, 0.25) is 0 Å². The van der Waals surface area contributed by atoms with Crippen molar-refractivity contribution in [1.82, 2.24) is 14.9 Å². The summed E-state index contributed by atoms with van der Waals surface area (Å²) >= 11 is 0. The Hall–Kier alpha value is -3.68. The predicted molar refractivity (Wildman–Crippen MR) is 128 cm³/mol. The van der Waals surface area contributed by atoms with Crippen molar-refractivity contribution in [1.29, 1.82) is 0 Å². The summed E-state index contributed by atoms with van der Waals surface area (Å²) in [5, 5.41) is 9.05. The van der Waals surface area contributed by atoms with E-state index in [2.05, 4.69) is 16.0 Å². The summed E-state index contributed by atoms with van der Waals surface area (Å²) in [6, 6.07) is 12.1. The molecule has 3 amide bonds. The summed E-state index contributed by atoms with van der Waals surface area (Å²) in [5.74, 6) is 0.524. The third kappa shape index (κ3) is 4.89. The van der Waals surface area contributed by atoms with Crippen LogP contribution in [0.25, 0.3) is 10.9 Å². The number of hydrogen-bond acceptors (Lipinski definition) is 4. The molecule has 0 unspecified atom stereocenters. The minimum Gasteiger partial charge on any atom is -0.335 e. The van der Waals surface area contributed by atoms with Gasteiger partial charge in [0, 0.05) is 35.9 Å². The van der Waals surface area contributed by atoms with Crippen LogP contribution in [0.3, 0.4) is 0 Å². The lowest BCUT2D eigenvalue weighted by Gasteiger charge is -2.16. The monoisotopic (exact) mass is 445 g/mol. The molecule has 2 aromatic carbocycles. The summed E-state index contributed by atoms with van der Waals surface area (Å²) in [4.78, 5) is 42.4. The van der Waals surface area contributed by atoms with Gasteiger partial charge in [0.1, 0.15) is 5.82 Å². The third-order valence-electron chi connectivity index (χ3n) is 6.14. The van der Waals surface area contributed by atoms with Crippen LogP contribution >= 0.6 is 0 Å². The molecule has 3 aromatic rings. The van der Waals surface area contributed by atoms with Crippen LogP contribution in [0.4, 0.5) is 16.2 Å². The Bertz CT molecular complexity index is 1260. The van der Waals surface area contributed by atoms with Crippen LogP contribution in [-0.2, 0) is 13.0 Å². The van der Waals surface area contributed by atoms with Gasteiger partial charge in [-0.05, 0) is 68.1 Å². The van der Waals surface area contributed by atoms with Crippen molar-refractivity contribution in [2.75, 3.05) is 10.6 Å². The average Bonchev–Trinajstić information content (AvgIpc) is 3.60. The number of rotatable bonds is 4. The molecule has 1 aliphatic heterocycles.